The van der Waals surface area contributed by atoms with E-state index in [1.165, 1.54) is 18.1 Å². The molecule has 1 aliphatic rings. The highest BCUT2D eigenvalue weighted by molar-refractivity contribution is 7.89. The Morgan fingerprint density at radius 1 is 1.12 bits per heavy atom. The monoisotopic (exact) mass is 458 g/mol. The number of piperidine rings is 1. The molecule has 1 saturated heterocycles. The maximum absolute atomic E-state index is 13.2. The van der Waals surface area contributed by atoms with Gasteiger partial charge in [-0.25, -0.2) is 13.2 Å². The minimum Gasteiger partial charge on any atom is -0.465 e. The number of aryl methyl sites for hydroxylation is 1. The van der Waals surface area contributed by atoms with E-state index < -0.39 is 16.0 Å². The molecule has 0 spiro atoms. The fourth-order valence-corrected chi connectivity index (χ4v) is 5.70. The molecule has 1 atom stereocenters. The number of sulfonamides is 1. The standard InChI is InChI=1S/C24H30N2O5S/c1-17-8-13-21(32(29,30)26-14-6-5-7-18(26)2)15-22(17)23(27)25(3)16-19-9-11-20(12-10-19)24(28)31-4/h8-13,15,18H,5-7,14,16H2,1-4H3. The number of carbonyl (C=O) groups excluding carboxylic acids is 2. The van der Waals surface area contributed by atoms with Gasteiger partial charge in [0.15, 0.2) is 0 Å². The van der Waals surface area contributed by atoms with Gasteiger partial charge in [-0.3, -0.25) is 4.79 Å². The smallest absolute Gasteiger partial charge is 0.337 e. The Bertz CT molecular complexity index is 1100. The zero-order chi connectivity index (χ0) is 23.5. The second-order valence-electron chi connectivity index (χ2n) is 8.29. The van der Waals surface area contributed by atoms with Crippen molar-refractivity contribution in [1.82, 2.24) is 9.21 Å². The van der Waals surface area contributed by atoms with Crippen LogP contribution in [0.5, 0.6) is 0 Å². The van der Waals surface area contributed by atoms with Crippen molar-refractivity contribution in [1.29, 1.82) is 0 Å². The summed E-state index contributed by atoms with van der Waals surface area (Å²) in [5.74, 6) is -0.680. The maximum Gasteiger partial charge on any atom is 0.337 e. The Kier molecular flexibility index (Phi) is 7.36. The Labute approximate surface area is 190 Å². The molecule has 0 N–H and O–H groups in total. The lowest BCUT2D eigenvalue weighted by atomic mass is 10.1. The van der Waals surface area contributed by atoms with Crippen LogP contribution in [0.2, 0.25) is 0 Å². The van der Waals surface area contributed by atoms with E-state index in [9.17, 15) is 18.0 Å². The zero-order valence-electron chi connectivity index (χ0n) is 19.0. The van der Waals surface area contributed by atoms with Crippen molar-refractivity contribution in [2.24, 2.45) is 0 Å². The Balaban J connectivity index is 1.81. The van der Waals surface area contributed by atoms with E-state index in [1.54, 1.807) is 54.7 Å². The largest absolute Gasteiger partial charge is 0.465 e. The SMILES string of the molecule is COC(=O)c1ccc(CN(C)C(=O)c2cc(S(=O)(=O)N3CCCCC3C)ccc2C)cc1. The van der Waals surface area contributed by atoms with E-state index in [-0.39, 0.29) is 16.8 Å². The minimum atomic E-state index is -3.67. The molecule has 0 aliphatic carbocycles. The number of amides is 1. The highest BCUT2D eigenvalue weighted by atomic mass is 32.2. The summed E-state index contributed by atoms with van der Waals surface area (Å²) in [6.45, 7) is 4.55. The molecule has 32 heavy (non-hydrogen) atoms. The lowest BCUT2D eigenvalue weighted by Crippen LogP contribution is -2.42. The molecule has 1 unspecified atom stereocenters. The summed E-state index contributed by atoms with van der Waals surface area (Å²) in [7, 11) is -0.670. The number of nitrogens with zero attached hydrogens (tertiary/aromatic N) is 2. The Morgan fingerprint density at radius 2 is 1.81 bits per heavy atom. The number of benzene rings is 2. The van der Waals surface area contributed by atoms with Crippen LogP contribution in [-0.2, 0) is 21.3 Å². The third-order valence-electron chi connectivity index (χ3n) is 5.93. The van der Waals surface area contributed by atoms with Crippen LogP contribution < -0.4 is 0 Å². The van der Waals surface area contributed by atoms with Gasteiger partial charge >= 0.3 is 5.97 Å². The van der Waals surface area contributed by atoms with Gasteiger partial charge < -0.3 is 9.64 Å². The molecular weight excluding hydrogens is 428 g/mol. The van der Waals surface area contributed by atoms with Gasteiger partial charge in [-0.05, 0) is 62.1 Å². The fraction of sp³-hybridized carbons (Fsp3) is 0.417. The first-order valence-electron chi connectivity index (χ1n) is 10.7. The van der Waals surface area contributed by atoms with Crippen molar-refractivity contribution >= 4 is 21.9 Å². The molecule has 1 amide bonds. The number of ether oxygens (including phenoxy) is 1. The quantitative estimate of drug-likeness (QED) is 0.618. The van der Waals surface area contributed by atoms with E-state index in [0.29, 0.717) is 29.8 Å². The van der Waals surface area contributed by atoms with Gasteiger partial charge in [0.25, 0.3) is 5.91 Å². The highest BCUT2D eigenvalue weighted by Crippen LogP contribution is 2.27. The van der Waals surface area contributed by atoms with Gasteiger partial charge in [0, 0.05) is 31.7 Å². The zero-order valence-corrected chi connectivity index (χ0v) is 19.8. The number of carbonyl (C=O) groups is 2. The van der Waals surface area contributed by atoms with E-state index in [4.69, 9.17) is 4.74 Å². The summed E-state index contributed by atoms with van der Waals surface area (Å²) in [6.07, 6.45) is 2.71. The number of esters is 1. The molecular formula is C24H30N2O5S. The van der Waals surface area contributed by atoms with Crippen molar-refractivity contribution in [3.8, 4) is 0 Å². The van der Waals surface area contributed by atoms with E-state index >= 15 is 0 Å². The molecule has 1 aliphatic heterocycles. The van der Waals surface area contributed by atoms with Crippen LogP contribution in [-0.4, -0.2) is 56.2 Å². The van der Waals surface area contributed by atoms with E-state index in [2.05, 4.69) is 0 Å². The number of hydrogen-bond donors (Lipinski definition) is 0. The van der Waals surface area contributed by atoms with Crippen molar-refractivity contribution in [3.05, 3.63) is 64.7 Å². The summed E-state index contributed by atoms with van der Waals surface area (Å²) >= 11 is 0. The normalized spacial score (nSPS) is 17.1. The number of hydrogen-bond acceptors (Lipinski definition) is 5. The number of methoxy groups -OCH3 is 1. The van der Waals surface area contributed by atoms with Gasteiger partial charge in [-0.15, -0.1) is 0 Å². The molecule has 2 aromatic carbocycles. The summed E-state index contributed by atoms with van der Waals surface area (Å²) in [6, 6.07) is 11.5. The lowest BCUT2D eigenvalue weighted by Gasteiger charge is -2.32. The van der Waals surface area contributed by atoms with Gasteiger partial charge in [0.1, 0.15) is 0 Å². The molecule has 8 heteroatoms. The van der Waals surface area contributed by atoms with Crippen LogP contribution in [0.4, 0.5) is 0 Å². The summed E-state index contributed by atoms with van der Waals surface area (Å²) in [5.41, 5.74) is 2.36. The Hall–Kier alpha value is -2.71. The molecule has 2 aromatic rings. The molecule has 3 rings (SSSR count). The average molecular weight is 459 g/mol. The van der Waals surface area contributed by atoms with Crippen LogP contribution >= 0.6 is 0 Å². The van der Waals surface area contributed by atoms with Crippen molar-refractivity contribution in [2.45, 2.75) is 50.6 Å². The van der Waals surface area contributed by atoms with Crippen LogP contribution in [0.15, 0.2) is 47.4 Å². The first-order valence-corrected chi connectivity index (χ1v) is 12.1. The van der Waals surface area contributed by atoms with Gasteiger partial charge in [0.05, 0.1) is 17.6 Å². The minimum absolute atomic E-state index is 0.0511. The van der Waals surface area contributed by atoms with Crippen LogP contribution in [0, 0.1) is 6.92 Å². The summed E-state index contributed by atoms with van der Waals surface area (Å²) in [4.78, 5) is 26.4. The lowest BCUT2D eigenvalue weighted by molar-refractivity contribution is 0.0600. The van der Waals surface area contributed by atoms with E-state index in [0.717, 1.165) is 24.8 Å². The third-order valence-corrected chi connectivity index (χ3v) is 7.94. The van der Waals surface area contributed by atoms with E-state index in [1.807, 2.05) is 6.92 Å². The van der Waals surface area contributed by atoms with Crippen molar-refractivity contribution < 1.29 is 22.7 Å². The van der Waals surface area contributed by atoms with Crippen molar-refractivity contribution in [2.75, 3.05) is 20.7 Å². The topological polar surface area (TPSA) is 84.0 Å². The predicted octanol–water partition coefficient (Wildman–Crippen LogP) is 3.62. The second-order valence-corrected chi connectivity index (χ2v) is 10.2. The Morgan fingerprint density at radius 3 is 2.44 bits per heavy atom. The molecule has 0 radical (unpaired) electrons. The van der Waals surface area contributed by atoms with Crippen LogP contribution in [0.25, 0.3) is 0 Å². The highest BCUT2D eigenvalue weighted by Gasteiger charge is 2.31. The maximum atomic E-state index is 13.2. The van der Waals surface area contributed by atoms with Crippen LogP contribution in [0.1, 0.15) is 58.0 Å². The molecule has 172 valence electrons. The molecule has 0 saturated carbocycles. The van der Waals surface area contributed by atoms with Gasteiger partial charge in [-0.1, -0.05) is 24.6 Å². The van der Waals surface area contributed by atoms with Crippen molar-refractivity contribution in [3.63, 3.8) is 0 Å². The van der Waals surface area contributed by atoms with Crippen LogP contribution in [0.3, 0.4) is 0 Å². The average Bonchev–Trinajstić information content (AvgIpc) is 2.78. The molecule has 1 fully saturated rings. The third kappa shape index (κ3) is 5.02. The number of rotatable bonds is 6. The molecule has 0 aromatic heterocycles. The first-order chi connectivity index (χ1) is 15.1. The second kappa shape index (κ2) is 9.83. The van der Waals surface area contributed by atoms with Gasteiger partial charge in [0.2, 0.25) is 10.0 Å². The molecule has 0 bridgehead atoms. The first kappa shape index (κ1) is 23.9. The molecule has 1 heterocycles. The predicted molar refractivity (Wildman–Crippen MR) is 122 cm³/mol. The summed E-state index contributed by atoms with van der Waals surface area (Å²) < 4.78 is 32.7. The molecule has 7 nitrogen and oxygen atoms in total. The summed E-state index contributed by atoms with van der Waals surface area (Å²) in [5, 5.41) is 0. The van der Waals surface area contributed by atoms with Gasteiger partial charge in [-0.2, -0.15) is 4.31 Å². The fourth-order valence-electron chi connectivity index (χ4n) is 3.97.